The molecule has 0 aliphatic carbocycles. The van der Waals surface area contributed by atoms with Crippen molar-refractivity contribution in [2.75, 3.05) is 0 Å². The first-order valence-corrected chi connectivity index (χ1v) is 5.77. The summed E-state index contributed by atoms with van der Waals surface area (Å²) in [5.41, 5.74) is 9.15. The summed E-state index contributed by atoms with van der Waals surface area (Å²) in [4.78, 5) is 25.6. The molecule has 1 heterocycles. The molecule has 6 heteroatoms. The smallest absolute Gasteiger partial charge is 0.336 e. The molecule has 0 spiro atoms. The van der Waals surface area contributed by atoms with Gasteiger partial charge in [-0.1, -0.05) is 24.2 Å². The molecule has 0 saturated heterocycles. The Hall–Kier alpha value is -2.59. The average molecular weight is 257 g/mol. The minimum atomic E-state index is -0.524. The molecule has 0 amide bonds. The van der Waals surface area contributed by atoms with E-state index in [1.54, 1.807) is 19.1 Å². The van der Waals surface area contributed by atoms with E-state index in [-0.39, 0.29) is 12.2 Å². The van der Waals surface area contributed by atoms with Crippen LogP contribution in [0.5, 0.6) is 0 Å². The standard InChI is InChI=1S/C13H11N3O3/c1-2-10(17)5-8-6-13(18)19-12-7-9(15-16-14)3-4-11(8)12/h3-4,6-7H,2,5H2,1H3. The number of rotatable bonds is 4. The van der Waals surface area contributed by atoms with Crippen molar-refractivity contribution >= 4 is 22.4 Å². The third kappa shape index (κ3) is 2.81. The zero-order valence-electron chi connectivity index (χ0n) is 10.3. The molecular weight excluding hydrogens is 246 g/mol. The summed E-state index contributed by atoms with van der Waals surface area (Å²) < 4.78 is 5.05. The zero-order chi connectivity index (χ0) is 13.8. The maximum Gasteiger partial charge on any atom is 0.336 e. The number of Topliss-reactive ketones (excluding diaryl/α,β-unsaturated/α-hetero) is 1. The van der Waals surface area contributed by atoms with Crippen molar-refractivity contribution in [3.8, 4) is 0 Å². The molecular formula is C13H11N3O3. The van der Waals surface area contributed by atoms with Gasteiger partial charge >= 0.3 is 5.63 Å². The predicted molar refractivity (Wildman–Crippen MR) is 70.3 cm³/mol. The van der Waals surface area contributed by atoms with E-state index in [1.165, 1.54) is 12.1 Å². The summed E-state index contributed by atoms with van der Waals surface area (Å²) in [5, 5.41) is 4.12. The number of nitrogens with zero attached hydrogens (tertiary/aromatic N) is 3. The Morgan fingerprint density at radius 3 is 2.89 bits per heavy atom. The van der Waals surface area contributed by atoms with E-state index >= 15 is 0 Å². The molecule has 1 aromatic carbocycles. The van der Waals surface area contributed by atoms with Crippen LogP contribution in [0.1, 0.15) is 18.9 Å². The highest BCUT2D eigenvalue weighted by Gasteiger charge is 2.09. The van der Waals surface area contributed by atoms with Crippen LogP contribution < -0.4 is 5.63 Å². The minimum absolute atomic E-state index is 0.0472. The van der Waals surface area contributed by atoms with Gasteiger partial charge in [0.25, 0.3) is 0 Å². The predicted octanol–water partition coefficient (Wildman–Crippen LogP) is 3.26. The highest BCUT2D eigenvalue weighted by atomic mass is 16.4. The Morgan fingerprint density at radius 1 is 1.42 bits per heavy atom. The van der Waals surface area contributed by atoms with Gasteiger partial charge in [-0.3, -0.25) is 4.79 Å². The van der Waals surface area contributed by atoms with E-state index in [4.69, 9.17) is 9.95 Å². The van der Waals surface area contributed by atoms with Gasteiger partial charge < -0.3 is 4.42 Å². The SMILES string of the molecule is CCC(=O)Cc1cc(=O)oc2cc(N=[N+]=[N-])ccc12. The van der Waals surface area contributed by atoms with Gasteiger partial charge in [0.1, 0.15) is 11.4 Å². The van der Waals surface area contributed by atoms with Crippen molar-refractivity contribution in [2.24, 2.45) is 5.11 Å². The fourth-order valence-corrected chi connectivity index (χ4v) is 1.82. The van der Waals surface area contributed by atoms with Gasteiger partial charge in [-0.25, -0.2) is 4.79 Å². The van der Waals surface area contributed by atoms with Gasteiger partial charge in [-0.05, 0) is 17.2 Å². The number of carbonyl (C=O) groups is 1. The van der Waals surface area contributed by atoms with E-state index < -0.39 is 5.63 Å². The summed E-state index contributed by atoms with van der Waals surface area (Å²) in [6.07, 6.45) is 0.609. The van der Waals surface area contributed by atoms with E-state index in [0.29, 0.717) is 28.6 Å². The van der Waals surface area contributed by atoms with Crippen LogP contribution in [0.2, 0.25) is 0 Å². The van der Waals surface area contributed by atoms with Crippen molar-refractivity contribution in [1.82, 2.24) is 0 Å². The van der Waals surface area contributed by atoms with Crippen molar-refractivity contribution in [1.29, 1.82) is 0 Å². The van der Waals surface area contributed by atoms with Crippen molar-refractivity contribution < 1.29 is 9.21 Å². The zero-order valence-corrected chi connectivity index (χ0v) is 10.3. The number of azide groups is 1. The third-order valence-corrected chi connectivity index (χ3v) is 2.76. The van der Waals surface area contributed by atoms with Crippen molar-refractivity contribution in [2.45, 2.75) is 19.8 Å². The fourth-order valence-electron chi connectivity index (χ4n) is 1.82. The Morgan fingerprint density at radius 2 is 2.21 bits per heavy atom. The van der Waals surface area contributed by atoms with Crippen LogP contribution in [0.25, 0.3) is 21.4 Å². The molecule has 0 radical (unpaired) electrons. The lowest BCUT2D eigenvalue weighted by molar-refractivity contribution is -0.118. The second-order valence-corrected chi connectivity index (χ2v) is 4.03. The maximum atomic E-state index is 11.5. The summed E-state index contributed by atoms with van der Waals surface area (Å²) >= 11 is 0. The van der Waals surface area contributed by atoms with Crippen molar-refractivity contribution in [3.63, 3.8) is 0 Å². The fraction of sp³-hybridized carbons (Fsp3) is 0.231. The second-order valence-electron chi connectivity index (χ2n) is 4.03. The molecule has 2 rings (SSSR count). The Balaban J connectivity index is 2.61. The van der Waals surface area contributed by atoms with Crippen LogP contribution in [-0.4, -0.2) is 5.78 Å². The summed E-state index contributed by atoms with van der Waals surface area (Å²) in [5.74, 6) is 0.0472. The Labute approximate surface area is 108 Å². The number of benzene rings is 1. The highest BCUT2D eigenvalue weighted by Crippen LogP contribution is 2.23. The number of carbonyl (C=O) groups excluding carboxylic acids is 1. The first-order chi connectivity index (χ1) is 9.13. The number of hydrogen-bond acceptors (Lipinski definition) is 4. The lowest BCUT2D eigenvalue weighted by Crippen LogP contribution is -2.06. The third-order valence-electron chi connectivity index (χ3n) is 2.76. The molecule has 0 bridgehead atoms. The molecule has 96 valence electrons. The molecule has 19 heavy (non-hydrogen) atoms. The molecule has 0 N–H and O–H groups in total. The van der Waals surface area contributed by atoms with Gasteiger partial charge in [0.05, 0.1) is 0 Å². The van der Waals surface area contributed by atoms with E-state index in [2.05, 4.69) is 10.0 Å². The maximum absolute atomic E-state index is 11.5. The van der Waals surface area contributed by atoms with E-state index in [1.807, 2.05) is 0 Å². The van der Waals surface area contributed by atoms with Gasteiger partial charge in [0, 0.05) is 34.9 Å². The van der Waals surface area contributed by atoms with Crippen LogP contribution in [-0.2, 0) is 11.2 Å². The number of fused-ring (bicyclic) bond motifs is 1. The number of hydrogen-bond donors (Lipinski definition) is 0. The lowest BCUT2D eigenvalue weighted by Gasteiger charge is -2.04. The normalized spacial score (nSPS) is 10.2. The molecule has 0 aliphatic rings. The van der Waals surface area contributed by atoms with E-state index in [0.717, 1.165) is 0 Å². The first-order valence-electron chi connectivity index (χ1n) is 5.77. The van der Waals surface area contributed by atoms with Crippen LogP contribution in [0.15, 0.2) is 38.6 Å². The molecule has 1 aromatic heterocycles. The first kappa shape index (κ1) is 12.9. The minimum Gasteiger partial charge on any atom is -0.423 e. The summed E-state index contributed by atoms with van der Waals surface area (Å²) in [6, 6.07) is 6.10. The average Bonchev–Trinajstić information content (AvgIpc) is 2.38. The van der Waals surface area contributed by atoms with Crippen LogP contribution in [0.4, 0.5) is 5.69 Å². The molecule has 0 unspecified atom stereocenters. The Bertz CT molecular complexity index is 742. The largest absolute Gasteiger partial charge is 0.423 e. The topological polar surface area (TPSA) is 96.0 Å². The van der Waals surface area contributed by atoms with Crippen LogP contribution in [0, 0.1) is 0 Å². The van der Waals surface area contributed by atoms with E-state index in [9.17, 15) is 9.59 Å². The lowest BCUT2D eigenvalue weighted by atomic mass is 10.0. The number of ketones is 1. The van der Waals surface area contributed by atoms with Crippen LogP contribution in [0.3, 0.4) is 0 Å². The summed E-state index contributed by atoms with van der Waals surface area (Å²) in [6.45, 7) is 1.77. The second kappa shape index (κ2) is 5.37. The van der Waals surface area contributed by atoms with Crippen molar-refractivity contribution in [3.05, 3.63) is 50.7 Å². The molecule has 0 saturated carbocycles. The monoisotopic (exact) mass is 257 g/mol. The summed E-state index contributed by atoms with van der Waals surface area (Å²) in [7, 11) is 0. The Kier molecular flexibility index (Phi) is 3.63. The van der Waals surface area contributed by atoms with Gasteiger partial charge in [0.15, 0.2) is 0 Å². The molecule has 0 fully saturated rings. The molecule has 2 aromatic rings. The van der Waals surface area contributed by atoms with Gasteiger partial charge in [-0.2, -0.15) is 0 Å². The van der Waals surface area contributed by atoms with Gasteiger partial charge in [0.2, 0.25) is 0 Å². The molecule has 0 aliphatic heterocycles. The van der Waals surface area contributed by atoms with Crippen LogP contribution >= 0.6 is 0 Å². The van der Waals surface area contributed by atoms with Gasteiger partial charge in [-0.15, -0.1) is 0 Å². The molecule has 0 atom stereocenters. The molecule has 6 nitrogen and oxygen atoms in total. The quantitative estimate of drug-likeness (QED) is 0.364. The highest BCUT2D eigenvalue weighted by molar-refractivity contribution is 5.89.